The number of hydrogen-bond acceptors (Lipinski definition) is 3. The second kappa shape index (κ2) is 4.50. The zero-order valence-corrected chi connectivity index (χ0v) is 11.4. The molecule has 4 nitrogen and oxygen atoms in total. The molecule has 0 amide bonds. The van der Waals surface area contributed by atoms with Crippen LogP contribution in [-0.4, -0.2) is 29.1 Å². The summed E-state index contributed by atoms with van der Waals surface area (Å²) < 4.78 is 11.6. The van der Waals surface area contributed by atoms with Crippen molar-refractivity contribution in [3.05, 3.63) is 30.0 Å². The van der Waals surface area contributed by atoms with E-state index in [4.69, 9.17) is 9.47 Å². The molecule has 1 spiro atoms. The van der Waals surface area contributed by atoms with Gasteiger partial charge in [0.15, 0.2) is 5.79 Å². The van der Waals surface area contributed by atoms with Crippen molar-refractivity contribution in [1.29, 1.82) is 0 Å². The summed E-state index contributed by atoms with van der Waals surface area (Å²) in [5.41, 5.74) is 2.40. The third-order valence-electron chi connectivity index (χ3n) is 4.70. The summed E-state index contributed by atoms with van der Waals surface area (Å²) in [5.74, 6) is 0.544. The average molecular weight is 273 g/mol. The van der Waals surface area contributed by atoms with E-state index in [9.17, 15) is 5.11 Å². The third kappa shape index (κ3) is 1.91. The molecule has 1 saturated carbocycles. The van der Waals surface area contributed by atoms with Gasteiger partial charge in [0.2, 0.25) is 0 Å². The minimum Gasteiger partial charge on any atom is -0.508 e. The number of aromatic hydroxyl groups is 1. The fourth-order valence-electron chi connectivity index (χ4n) is 3.62. The van der Waals surface area contributed by atoms with Crippen molar-refractivity contribution in [1.82, 2.24) is 4.98 Å². The molecule has 2 aromatic rings. The van der Waals surface area contributed by atoms with Crippen LogP contribution in [0.5, 0.6) is 5.75 Å². The minimum atomic E-state index is -0.301. The molecule has 1 saturated heterocycles. The predicted molar refractivity (Wildman–Crippen MR) is 75.8 cm³/mol. The van der Waals surface area contributed by atoms with Gasteiger partial charge in [-0.1, -0.05) is 0 Å². The fraction of sp³-hybridized carbons (Fsp3) is 0.500. The molecule has 2 N–H and O–H groups in total. The van der Waals surface area contributed by atoms with Gasteiger partial charge < -0.3 is 19.6 Å². The van der Waals surface area contributed by atoms with Gasteiger partial charge in [0, 0.05) is 29.9 Å². The molecule has 4 rings (SSSR count). The number of nitrogens with one attached hydrogen (secondary N) is 1. The first-order valence-electron chi connectivity index (χ1n) is 7.34. The number of aromatic nitrogens is 1. The van der Waals surface area contributed by atoms with E-state index >= 15 is 0 Å². The van der Waals surface area contributed by atoms with Crippen LogP contribution in [-0.2, 0) is 9.47 Å². The summed E-state index contributed by atoms with van der Waals surface area (Å²) >= 11 is 0. The fourth-order valence-corrected chi connectivity index (χ4v) is 3.62. The van der Waals surface area contributed by atoms with Gasteiger partial charge in [-0.3, -0.25) is 0 Å². The molecule has 20 heavy (non-hydrogen) atoms. The first-order chi connectivity index (χ1) is 9.76. The number of hydrogen-bond donors (Lipinski definition) is 2. The Morgan fingerprint density at radius 2 is 1.90 bits per heavy atom. The molecule has 0 bridgehead atoms. The van der Waals surface area contributed by atoms with Crippen molar-refractivity contribution in [3.8, 4) is 5.75 Å². The van der Waals surface area contributed by atoms with E-state index in [1.807, 2.05) is 12.1 Å². The van der Waals surface area contributed by atoms with E-state index in [0.717, 1.165) is 49.8 Å². The van der Waals surface area contributed by atoms with Crippen LogP contribution in [0.3, 0.4) is 0 Å². The highest BCUT2D eigenvalue weighted by Crippen LogP contribution is 2.44. The summed E-state index contributed by atoms with van der Waals surface area (Å²) in [6, 6.07) is 5.51. The maximum atomic E-state index is 9.69. The lowest BCUT2D eigenvalue weighted by molar-refractivity contribution is -0.178. The molecule has 2 aliphatic rings. The van der Waals surface area contributed by atoms with Crippen LogP contribution in [0.1, 0.15) is 37.2 Å². The number of H-pyrrole nitrogens is 1. The monoisotopic (exact) mass is 273 g/mol. The molecule has 1 aliphatic carbocycles. The molecule has 1 aromatic heterocycles. The molecule has 106 valence electrons. The zero-order chi connectivity index (χ0) is 13.6. The number of fused-ring (bicyclic) bond motifs is 1. The Morgan fingerprint density at radius 3 is 2.65 bits per heavy atom. The van der Waals surface area contributed by atoms with Crippen molar-refractivity contribution in [2.75, 3.05) is 13.2 Å². The van der Waals surface area contributed by atoms with Crippen LogP contribution >= 0.6 is 0 Å². The quantitative estimate of drug-likeness (QED) is 0.838. The maximum Gasteiger partial charge on any atom is 0.168 e. The average Bonchev–Trinajstić information content (AvgIpc) is 3.07. The van der Waals surface area contributed by atoms with E-state index in [0.29, 0.717) is 11.7 Å². The standard InChI is InChI=1S/C16H19NO3/c18-12-1-2-15-13(9-12)14(10-17-15)11-3-5-16(6-4-11)19-7-8-20-16/h1-2,9-11,17-18H,3-8H2. The van der Waals surface area contributed by atoms with Crippen LogP contribution in [0, 0.1) is 0 Å². The molecule has 0 unspecified atom stereocenters. The molecule has 2 heterocycles. The Kier molecular flexibility index (Phi) is 2.75. The highest BCUT2D eigenvalue weighted by Gasteiger charge is 2.40. The van der Waals surface area contributed by atoms with Crippen molar-refractivity contribution < 1.29 is 14.6 Å². The summed E-state index contributed by atoms with van der Waals surface area (Å²) in [6.45, 7) is 1.46. The second-order valence-electron chi connectivity index (χ2n) is 5.86. The number of rotatable bonds is 1. The van der Waals surface area contributed by atoms with E-state index in [-0.39, 0.29) is 5.79 Å². The van der Waals surface area contributed by atoms with Gasteiger partial charge in [-0.15, -0.1) is 0 Å². The van der Waals surface area contributed by atoms with Crippen LogP contribution in [0.2, 0.25) is 0 Å². The van der Waals surface area contributed by atoms with Crippen LogP contribution in [0.15, 0.2) is 24.4 Å². The van der Waals surface area contributed by atoms with E-state index in [1.165, 1.54) is 5.56 Å². The minimum absolute atomic E-state index is 0.301. The van der Waals surface area contributed by atoms with Gasteiger partial charge in [-0.05, 0) is 42.5 Å². The van der Waals surface area contributed by atoms with Crippen molar-refractivity contribution in [2.24, 2.45) is 0 Å². The molecule has 0 radical (unpaired) electrons. The maximum absolute atomic E-state index is 9.69. The van der Waals surface area contributed by atoms with E-state index in [2.05, 4.69) is 11.2 Å². The van der Waals surface area contributed by atoms with Crippen molar-refractivity contribution in [2.45, 2.75) is 37.4 Å². The van der Waals surface area contributed by atoms with Crippen LogP contribution in [0.4, 0.5) is 0 Å². The summed E-state index contributed by atoms with van der Waals surface area (Å²) in [4.78, 5) is 3.30. The highest BCUT2D eigenvalue weighted by molar-refractivity contribution is 5.85. The van der Waals surface area contributed by atoms with Crippen LogP contribution < -0.4 is 0 Å². The van der Waals surface area contributed by atoms with Gasteiger partial charge in [-0.2, -0.15) is 0 Å². The number of phenols is 1. The molecular weight excluding hydrogens is 254 g/mol. The summed E-state index contributed by atoms with van der Waals surface area (Å²) in [5, 5.41) is 10.8. The van der Waals surface area contributed by atoms with Gasteiger partial charge >= 0.3 is 0 Å². The van der Waals surface area contributed by atoms with Gasteiger partial charge in [0.25, 0.3) is 0 Å². The predicted octanol–water partition coefficient (Wildman–Crippen LogP) is 3.27. The Balaban J connectivity index is 1.60. The van der Waals surface area contributed by atoms with Crippen LogP contribution in [0.25, 0.3) is 10.9 Å². The number of ether oxygens (including phenoxy) is 2. The number of phenolic OH excluding ortho intramolecular Hbond substituents is 1. The normalized spacial score (nSPS) is 22.8. The topological polar surface area (TPSA) is 54.5 Å². The Labute approximate surface area is 117 Å². The molecule has 1 aliphatic heterocycles. The first kappa shape index (κ1) is 12.2. The van der Waals surface area contributed by atoms with Crippen molar-refractivity contribution in [3.63, 3.8) is 0 Å². The zero-order valence-electron chi connectivity index (χ0n) is 11.4. The number of benzene rings is 1. The number of aromatic amines is 1. The lowest BCUT2D eigenvalue weighted by Gasteiger charge is -2.35. The SMILES string of the molecule is Oc1ccc2[nH]cc(C3CCC4(CC3)OCCO4)c2c1. The lowest BCUT2D eigenvalue weighted by Crippen LogP contribution is -2.34. The Morgan fingerprint density at radius 1 is 1.15 bits per heavy atom. The smallest absolute Gasteiger partial charge is 0.168 e. The Hall–Kier alpha value is -1.52. The Bertz CT molecular complexity index is 618. The van der Waals surface area contributed by atoms with Gasteiger partial charge in [0.1, 0.15) is 5.75 Å². The molecule has 4 heteroatoms. The van der Waals surface area contributed by atoms with Gasteiger partial charge in [0.05, 0.1) is 13.2 Å². The third-order valence-corrected chi connectivity index (χ3v) is 4.70. The first-order valence-corrected chi connectivity index (χ1v) is 7.34. The molecular formula is C16H19NO3. The highest BCUT2D eigenvalue weighted by atomic mass is 16.7. The van der Waals surface area contributed by atoms with E-state index in [1.54, 1.807) is 6.07 Å². The summed E-state index contributed by atoms with van der Waals surface area (Å²) in [6.07, 6.45) is 6.15. The lowest BCUT2D eigenvalue weighted by atomic mass is 9.81. The second-order valence-corrected chi connectivity index (χ2v) is 5.86. The molecule has 0 atom stereocenters. The largest absolute Gasteiger partial charge is 0.508 e. The summed E-state index contributed by atoms with van der Waals surface area (Å²) in [7, 11) is 0. The molecule has 1 aromatic carbocycles. The van der Waals surface area contributed by atoms with Crippen molar-refractivity contribution >= 4 is 10.9 Å². The molecule has 2 fully saturated rings. The van der Waals surface area contributed by atoms with E-state index < -0.39 is 0 Å². The van der Waals surface area contributed by atoms with Gasteiger partial charge in [-0.25, -0.2) is 0 Å².